The molecule has 25 heavy (non-hydrogen) atoms. The molecule has 0 saturated heterocycles. The molecule has 1 atom stereocenters. The van der Waals surface area contributed by atoms with Crippen LogP contribution in [0.5, 0.6) is 0 Å². The van der Waals surface area contributed by atoms with E-state index in [9.17, 15) is 13.2 Å². The van der Waals surface area contributed by atoms with E-state index in [4.69, 9.17) is 5.73 Å². The molecule has 0 bridgehead atoms. The van der Waals surface area contributed by atoms with Gasteiger partial charge in [-0.15, -0.1) is 0 Å². The van der Waals surface area contributed by atoms with Crippen molar-refractivity contribution in [1.82, 2.24) is 15.2 Å². The molecule has 1 aromatic carbocycles. The third-order valence-electron chi connectivity index (χ3n) is 4.34. The van der Waals surface area contributed by atoms with E-state index < -0.39 is 21.8 Å². The Morgan fingerprint density at radius 1 is 1.40 bits per heavy atom. The van der Waals surface area contributed by atoms with Crippen LogP contribution in [0.3, 0.4) is 0 Å². The van der Waals surface area contributed by atoms with Crippen LogP contribution in [0.1, 0.15) is 27.5 Å². The number of anilines is 1. The number of aromatic amines is 1. The van der Waals surface area contributed by atoms with Gasteiger partial charge in [-0.25, -0.2) is 13.4 Å². The van der Waals surface area contributed by atoms with Crippen LogP contribution in [-0.4, -0.2) is 35.3 Å². The molecule has 1 unspecified atom stereocenters. The molecule has 128 valence electrons. The van der Waals surface area contributed by atoms with Crippen molar-refractivity contribution < 1.29 is 13.2 Å². The SMILES string of the molecule is Cc1cc2c(cc1C(=O)Nc1ccnc3[nH]ncc13)S(=O)(=O)CC2N. The van der Waals surface area contributed by atoms with Gasteiger partial charge < -0.3 is 11.1 Å². The summed E-state index contributed by atoms with van der Waals surface area (Å²) in [5, 5.41) is 10.1. The number of hydrogen-bond donors (Lipinski definition) is 3. The van der Waals surface area contributed by atoms with E-state index in [1.54, 1.807) is 31.5 Å². The minimum atomic E-state index is -3.46. The number of carbonyl (C=O) groups excluding carboxylic acids is 1. The van der Waals surface area contributed by atoms with Crippen LogP contribution in [-0.2, 0) is 9.84 Å². The predicted molar refractivity (Wildman–Crippen MR) is 92.0 cm³/mol. The summed E-state index contributed by atoms with van der Waals surface area (Å²) in [5.41, 5.74) is 8.52. The van der Waals surface area contributed by atoms with Crippen LogP contribution in [0.15, 0.2) is 35.5 Å². The van der Waals surface area contributed by atoms with Crippen LogP contribution in [0, 0.1) is 6.92 Å². The van der Waals surface area contributed by atoms with Gasteiger partial charge in [0.15, 0.2) is 15.5 Å². The van der Waals surface area contributed by atoms with Crippen molar-refractivity contribution in [1.29, 1.82) is 0 Å². The molecule has 4 N–H and O–H groups in total. The minimum Gasteiger partial charge on any atom is -0.323 e. The first-order valence-corrected chi connectivity index (χ1v) is 9.24. The number of aryl methyl sites for hydroxylation is 1. The summed E-state index contributed by atoms with van der Waals surface area (Å²) in [6.07, 6.45) is 3.12. The summed E-state index contributed by atoms with van der Waals surface area (Å²) < 4.78 is 24.4. The van der Waals surface area contributed by atoms with Crippen molar-refractivity contribution in [3.63, 3.8) is 0 Å². The molecule has 3 heterocycles. The Labute approximate surface area is 143 Å². The molecular weight excluding hydrogens is 342 g/mol. The summed E-state index contributed by atoms with van der Waals surface area (Å²) in [7, 11) is -3.46. The molecule has 3 aromatic rings. The smallest absolute Gasteiger partial charge is 0.255 e. The number of aromatic nitrogens is 3. The first-order chi connectivity index (χ1) is 11.9. The van der Waals surface area contributed by atoms with E-state index in [0.717, 1.165) is 0 Å². The maximum Gasteiger partial charge on any atom is 0.255 e. The number of nitrogens with zero attached hydrogens (tertiary/aromatic N) is 2. The number of nitrogens with two attached hydrogens (primary N) is 1. The second-order valence-electron chi connectivity index (χ2n) is 6.04. The standard InChI is InChI=1S/C16H15N5O3S/c1-8-4-10-12(17)7-25(23,24)14(10)5-9(8)16(22)20-13-2-3-18-15-11(13)6-19-21-15/h2-6,12H,7,17H2,1H3,(H2,18,19,20,21,22). The molecule has 0 aliphatic carbocycles. The third kappa shape index (κ3) is 2.48. The number of carbonyl (C=O) groups is 1. The number of H-pyrrole nitrogens is 1. The highest BCUT2D eigenvalue weighted by atomic mass is 32.2. The van der Waals surface area contributed by atoms with E-state index in [1.807, 2.05) is 0 Å². The maximum absolute atomic E-state index is 12.7. The van der Waals surface area contributed by atoms with E-state index >= 15 is 0 Å². The number of fused-ring (bicyclic) bond motifs is 2. The molecule has 1 aliphatic rings. The largest absolute Gasteiger partial charge is 0.323 e. The summed E-state index contributed by atoms with van der Waals surface area (Å²) >= 11 is 0. The predicted octanol–water partition coefficient (Wildman–Crippen LogP) is 1.31. The van der Waals surface area contributed by atoms with Gasteiger partial charge >= 0.3 is 0 Å². The summed E-state index contributed by atoms with van der Waals surface area (Å²) in [4.78, 5) is 17.0. The highest BCUT2D eigenvalue weighted by molar-refractivity contribution is 7.91. The zero-order valence-electron chi connectivity index (χ0n) is 13.3. The fraction of sp³-hybridized carbons (Fsp3) is 0.188. The first-order valence-electron chi connectivity index (χ1n) is 7.59. The van der Waals surface area contributed by atoms with Gasteiger partial charge in [0.2, 0.25) is 0 Å². The number of benzene rings is 1. The third-order valence-corrected chi connectivity index (χ3v) is 6.16. The molecule has 0 radical (unpaired) electrons. The highest BCUT2D eigenvalue weighted by Gasteiger charge is 2.34. The lowest BCUT2D eigenvalue weighted by Gasteiger charge is -2.11. The average Bonchev–Trinajstić information content (AvgIpc) is 3.10. The van der Waals surface area contributed by atoms with Gasteiger partial charge in [0.1, 0.15) is 0 Å². The van der Waals surface area contributed by atoms with Gasteiger partial charge in [-0.2, -0.15) is 5.10 Å². The normalized spacial score (nSPS) is 18.2. The fourth-order valence-electron chi connectivity index (χ4n) is 3.08. The summed E-state index contributed by atoms with van der Waals surface area (Å²) in [6, 6.07) is 4.20. The number of hydrogen-bond acceptors (Lipinski definition) is 6. The van der Waals surface area contributed by atoms with Crippen molar-refractivity contribution in [2.24, 2.45) is 5.73 Å². The molecule has 4 rings (SSSR count). The molecule has 0 fully saturated rings. The van der Waals surface area contributed by atoms with Gasteiger partial charge in [-0.3, -0.25) is 9.89 Å². The lowest BCUT2D eigenvalue weighted by atomic mass is 10.0. The summed E-state index contributed by atoms with van der Waals surface area (Å²) in [5.74, 6) is -0.531. The van der Waals surface area contributed by atoms with Crippen molar-refractivity contribution in [2.75, 3.05) is 11.1 Å². The minimum absolute atomic E-state index is 0.132. The van der Waals surface area contributed by atoms with E-state index in [2.05, 4.69) is 20.5 Å². The quantitative estimate of drug-likeness (QED) is 0.634. The van der Waals surface area contributed by atoms with Crippen molar-refractivity contribution in [3.8, 4) is 0 Å². The molecule has 2 aromatic heterocycles. The number of nitrogens with one attached hydrogen (secondary N) is 2. The highest BCUT2D eigenvalue weighted by Crippen LogP contribution is 2.34. The molecular formula is C16H15N5O3S. The van der Waals surface area contributed by atoms with Crippen LogP contribution in [0.25, 0.3) is 11.0 Å². The molecule has 9 heteroatoms. The monoisotopic (exact) mass is 357 g/mol. The average molecular weight is 357 g/mol. The van der Waals surface area contributed by atoms with Gasteiger partial charge in [-0.1, -0.05) is 6.07 Å². The Kier molecular flexibility index (Phi) is 3.37. The number of rotatable bonds is 2. The number of amides is 1. The Balaban J connectivity index is 1.75. The van der Waals surface area contributed by atoms with Crippen molar-refractivity contribution in [3.05, 3.63) is 47.3 Å². The van der Waals surface area contributed by atoms with E-state index in [-0.39, 0.29) is 10.6 Å². The van der Waals surface area contributed by atoms with Gasteiger partial charge in [0.05, 0.1) is 27.9 Å². The molecule has 1 aliphatic heterocycles. The van der Waals surface area contributed by atoms with Crippen molar-refractivity contribution >= 4 is 32.5 Å². The maximum atomic E-state index is 12.7. The molecule has 0 saturated carbocycles. The van der Waals surface area contributed by atoms with Crippen LogP contribution in [0.2, 0.25) is 0 Å². The number of sulfone groups is 1. The Bertz CT molecular complexity index is 1120. The number of pyridine rings is 1. The Morgan fingerprint density at radius 3 is 3.00 bits per heavy atom. The molecule has 1 amide bonds. The van der Waals surface area contributed by atoms with E-state index in [0.29, 0.717) is 33.4 Å². The molecule has 8 nitrogen and oxygen atoms in total. The van der Waals surface area contributed by atoms with Crippen molar-refractivity contribution in [2.45, 2.75) is 17.9 Å². The zero-order chi connectivity index (χ0) is 17.8. The van der Waals surface area contributed by atoms with Crippen LogP contribution >= 0.6 is 0 Å². The lowest BCUT2D eigenvalue weighted by molar-refractivity contribution is 0.102. The summed E-state index contributed by atoms with van der Waals surface area (Å²) in [6.45, 7) is 1.76. The van der Waals surface area contributed by atoms with Crippen LogP contribution in [0.4, 0.5) is 5.69 Å². The lowest BCUT2D eigenvalue weighted by Crippen LogP contribution is -2.15. The Morgan fingerprint density at radius 2 is 2.20 bits per heavy atom. The fourth-order valence-corrected chi connectivity index (χ4v) is 4.78. The van der Waals surface area contributed by atoms with Gasteiger partial charge in [0, 0.05) is 17.8 Å². The van der Waals surface area contributed by atoms with Gasteiger partial charge in [0.25, 0.3) is 5.91 Å². The first kappa shape index (κ1) is 15.7. The second kappa shape index (κ2) is 5.36. The van der Waals surface area contributed by atoms with Crippen LogP contribution < -0.4 is 11.1 Å². The molecule has 0 spiro atoms. The second-order valence-corrected chi connectivity index (χ2v) is 8.04. The van der Waals surface area contributed by atoms with E-state index in [1.165, 1.54) is 6.07 Å². The zero-order valence-corrected chi connectivity index (χ0v) is 14.1. The van der Waals surface area contributed by atoms with Gasteiger partial charge in [-0.05, 0) is 30.2 Å². The Hall–Kier alpha value is -2.78. The topological polar surface area (TPSA) is 131 Å².